The van der Waals surface area contributed by atoms with Crippen molar-refractivity contribution >= 4 is 21.4 Å². The minimum Gasteiger partial charge on any atom is -0.302 e. The molecular formula is C16H17N3O2S. The molecule has 0 aliphatic rings. The normalized spacial score (nSPS) is 11.7. The van der Waals surface area contributed by atoms with Gasteiger partial charge in [0.1, 0.15) is 5.65 Å². The monoisotopic (exact) mass is 315 g/mol. The van der Waals surface area contributed by atoms with Gasteiger partial charge in [0.2, 0.25) is 10.0 Å². The predicted octanol–water partition coefficient (Wildman–Crippen LogP) is 2.89. The Morgan fingerprint density at radius 2 is 1.82 bits per heavy atom. The van der Waals surface area contributed by atoms with E-state index in [1.165, 1.54) is 0 Å². The van der Waals surface area contributed by atoms with Crippen molar-refractivity contribution in [3.05, 3.63) is 65.6 Å². The van der Waals surface area contributed by atoms with E-state index >= 15 is 0 Å². The van der Waals surface area contributed by atoms with Gasteiger partial charge < -0.3 is 4.40 Å². The average Bonchev–Trinajstić information content (AvgIpc) is 2.74. The summed E-state index contributed by atoms with van der Waals surface area (Å²) in [6.45, 7) is 3.89. The lowest BCUT2D eigenvalue weighted by atomic mass is 10.2. The molecule has 0 atom stereocenters. The second-order valence-electron chi connectivity index (χ2n) is 5.28. The highest BCUT2D eigenvalue weighted by Gasteiger charge is 2.13. The molecule has 0 saturated heterocycles. The first-order chi connectivity index (χ1) is 10.4. The van der Waals surface area contributed by atoms with Gasteiger partial charge in [0.05, 0.1) is 17.1 Å². The Morgan fingerprint density at radius 1 is 1.09 bits per heavy atom. The third kappa shape index (κ3) is 2.96. The molecule has 22 heavy (non-hydrogen) atoms. The zero-order valence-corrected chi connectivity index (χ0v) is 13.3. The molecule has 0 spiro atoms. The van der Waals surface area contributed by atoms with Crippen LogP contribution in [-0.4, -0.2) is 17.8 Å². The van der Waals surface area contributed by atoms with E-state index in [1.54, 1.807) is 30.5 Å². The van der Waals surface area contributed by atoms with E-state index in [0.29, 0.717) is 5.69 Å². The number of pyridine rings is 1. The Labute approximate surface area is 129 Å². The molecule has 5 nitrogen and oxygen atoms in total. The van der Waals surface area contributed by atoms with Crippen LogP contribution in [-0.2, 0) is 15.8 Å². The van der Waals surface area contributed by atoms with Crippen molar-refractivity contribution in [3.8, 4) is 0 Å². The third-order valence-corrected chi connectivity index (χ3v) is 4.83. The fraction of sp³-hybridized carbons (Fsp3) is 0.188. The summed E-state index contributed by atoms with van der Waals surface area (Å²) in [5, 5.41) is 0. The van der Waals surface area contributed by atoms with Gasteiger partial charge >= 0.3 is 0 Å². The molecule has 2 heterocycles. The Bertz CT molecular complexity index is 915. The average molecular weight is 315 g/mol. The van der Waals surface area contributed by atoms with Crippen molar-refractivity contribution in [1.82, 2.24) is 9.38 Å². The van der Waals surface area contributed by atoms with Crippen LogP contribution in [0.25, 0.3) is 5.65 Å². The molecule has 3 rings (SSSR count). The number of sulfonamides is 1. The molecule has 0 radical (unpaired) electrons. The van der Waals surface area contributed by atoms with Gasteiger partial charge in [-0.1, -0.05) is 30.3 Å². The van der Waals surface area contributed by atoms with E-state index in [-0.39, 0.29) is 5.75 Å². The van der Waals surface area contributed by atoms with Crippen LogP contribution >= 0.6 is 0 Å². The first-order valence-electron chi connectivity index (χ1n) is 6.94. The number of hydrogen-bond donors (Lipinski definition) is 1. The van der Waals surface area contributed by atoms with Gasteiger partial charge in [0, 0.05) is 11.9 Å². The van der Waals surface area contributed by atoms with Crippen LogP contribution in [0.2, 0.25) is 0 Å². The maximum absolute atomic E-state index is 12.3. The van der Waals surface area contributed by atoms with Crippen LogP contribution in [0.5, 0.6) is 0 Å². The minimum atomic E-state index is -3.45. The van der Waals surface area contributed by atoms with Crippen LogP contribution in [0.1, 0.15) is 17.0 Å². The van der Waals surface area contributed by atoms with Crippen molar-refractivity contribution in [1.29, 1.82) is 0 Å². The topological polar surface area (TPSA) is 63.5 Å². The number of nitrogens with zero attached hydrogens (tertiary/aromatic N) is 2. The molecule has 3 aromatic rings. The highest BCUT2D eigenvalue weighted by Crippen LogP contribution is 2.17. The van der Waals surface area contributed by atoms with Gasteiger partial charge in [-0.2, -0.15) is 0 Å². The summed E-state index contributed by atoms with van der Waals surface area (Å²) >= 11 is 0. The lowest BCUT2D eigenvalue weighted by molar-refractivity contribution is 0.600. The number of hydrogen-bond acceptors (Lipinski definition) is 3. The van der Waals surface area contributed by atoms with Crippen molar-refractivity contribution in [2.75, 3.05) is 4.72 Å². The van der Waals surface area contributed by atoms with Crippen molar-refractivity contribution in [2.45, 2.75) is 19.6 Å². The van der Waals surface area contributed by atoms with Gasteiger partial charge in [0.25, 0.3) is 0 Å². The zero-order chi connectivity index (χ0) is 15.7. The van der Waals surface area contributed by atoms with Crippen molar-refractivity contribution in [3.63, 3.8) is 0 Å². The first kappa shape index (κ1) is 14.6. The number of aryl methyl sites for hydroxylation is 2. The van der Waals surface area contributed by atoms with Crippen LogP contribution < -0.4 is 4.72 Å². The number of benzene rings is 1. The summed E-state index contributed by atoms with van der Waals surface area (Å²) in [5.74, 6) is -0.0478. The third-order valence-electron chi connectivity index (χ3n) is 3.57. The van der Waals surface area contributed by atoms with E-state index in [0.717, 1.165) is 22.6 Å². The smallest absolute Gasteiger partial charge is 0.236 e. The Hall–Kier alpha value is -2.34. The number of fused-ring (bicyclic) bond motifs is 1. The molecule has 0 aliphatic heterocycles. The SMILES string of the molecule is Cc1nc2ccc(NS(=O)(=O)Cc3ccccc3)cn2c1C. The first-order valence-corrected chi connectivity index (χ1v) is 8.59. The maximum Gasteiger partial charge on any atom is 0.236 e. The van der Waals surface area contributed by atoms with Crippen LogP contribution in [0.15, 0.2) is 48.7 Å². The molecule has 2 aromatic heterocycles. The molecule has 1 aromatic carbocycles. The summed E-state index contributed by atoms with van der Waals surface area (Å²) in [5.41, 5.74) is 4.03. The lowest BCUT2D eigenvalue weighted by Crippen LogP contribution is -2.15. The predicted molar refractivity (Wildman–Crippen MR) is 87.4 cm³/mol. The van der Waals surface area contributed by atoms with Crippen molar-refractivity contribution in [2.24, 2.45) is 0 Å². The summed E-state index contributed by atoms with van der Waals surface area (Å²) in [7, 11) is -3.45. The van der Waals surface area contributed by atoms with Crippen LogP contribution in [0.3, 0.4) is 0 Å². The molecule has 6 heteroatoms. The lowest BCUT2D eigenvalue weighted by Gasteiger charge is -2.09. The molecule has 0 unspecified atom stereocenters. The summed E-state index contributed by atoms with van der Waals surface area (Å²) in [4.78, 5) is 4.40. The van der Waals surface area contributed by atoms with Gasteiger partial charge in [-0.3, -0.25) is 4.72 Å². The second kappa shape index (κ2) is 5.46. The van der Waals surface area contributed by atoms with E-state index in [4.69, 9.17) is 0 Å². The fourth-order valence-electron chi connectivity index (χ4n) is 2.35. The molecule has 0 bridgehead atoms. The van der Waals surface area contributed by atoms with Crippen molar-refractivity contribution < 1.29 is 8.42 Å². The van der Waals surface area contributed by atoms with Gasteiger partial charge in [-0.05, 0) is 31.5 Å². The number of anilines is 1. The number of imidazole rings is 1. The minimum absolute atomic E-state index is 0.0478. The van der Waals surface area contributed by atoms with Gasteiger partial charge in [0.15, 0.2) is 0 Å². The number of aromatic nitrogens is 2. The Balaban J connectivity index is 1.87. The van der Waals surface area contributed by atoms with Gasteiger partial charge in [-0.15, -0.1) is 0 Å². The van der Waals surface area contributed by atoms with E-state index in [1.807, 2.05) is 36.4 Å². The van der Waals surface area contributed by atoms with E-state index < -0.39 is 10.0 Å². The van der Waals surface area contributed by atoms with E-state index in [9.17, 15) is 8.42 Å². The number of rotatable bonds is 4. The quantitative estimate of drug-likeness (QED) is 0.805. The largest absolute Gasteiger partial charge is 0.302 e. The Morgan fingerprint density at radius 3 is 2.55 bits per heavy atom. The fourth-order valence-corrected chi connectivity index (χ4v) is 3.53. The summed E-state index contributed by atoms with van der Waals surface area (Å²) in [6, 6.07) is 12.6. The number of nitrogens with one attached hydrogen (secondary N) is 1. The van der Waals surface area contributed by atoms with Crippen LogP contribution in [0.4, 0.5) is 5.69 Å². The maximum atomic E-state index is 12.3. The molecule has 0 saturated carbocycles. The highest BCUT2D eigenvalue weighted by molar-refractivity contribution is 7.91. The molecule has 1 N–H and O–H groups in total. The zero-order valence-electron chi connectivity index (χ0n) is 12.4. The standard InChI is InChI=1S/C16H17N3O2S/c1-12-13(2)19-10-15(8-9-16(19)17-12)18-22(20,21)11-14-6-4-3-5-7-14/h3-10,18H,11H2,1-2H3. The summed E-state index contributed by atoms with van der Waals surface area (Å²) in [6.07, 6.45) is 1.76. The van der Waals surface area contributed by atoms with Gasteiger partial charge in [-0.25, -0.2) is 13.4 Å². The Kier molecular flexibility index (Phi) is 3.62. The van der Waals surface area contributed by atoms with E-state index in [2.05, 4.69) is 9.71 Å². The second-order valence-corrected chi connectivity index (χ2v) is 7.00. The highest BCUT2D eigenvalue weighted by atomic mass is 32.2. The molecular weight excluding hydrogens is 298 g/mol. The molecule has 0 aliphatic carbocycles. The molecule has 0 fully saturated rings. The van der Waals surface area contributed by atoms with Crippen LogP contribution in [0, 0.1) is 13.8 Å². The molecule has 114 valence electrons. The summed E-state index contributed by atoms with van der Waals surface area (Å²) < 4.78 is 29.0. The molecule has 0 amide bonds.